The first-order valence-electron chi connectivity index (χ1n) is 6.29. The zero-order chi connectivity index (χ0) is 14.5. The number of carbonyl (C=O) groups is 2. The number of hydrogen-bond donors (Lipinski definition) is 0. The van der Waals surface area contributed by atoms with Crippen LogP contribution >= 0.6 is 0 Å². The lowest BCUT2D eigenvalue weighted by atomic mass is 10.2. The van der Waals surface area contributed by atoms with Gasteiger partial charge in [-0.1, -0.05) is 0 Å². The molecule has 1 aromatic rings. The van der Waals surface area contributed by atoms with Crippen molar-refractivity contribution in [2.24, 2.45) is 0 Å². The molecule has 0 spiro atoms. The Hall–Kier alpha value is -2.30. The van der Waals surface area contributed by atoms with Crippen LogP contribution in [0.3, 0.4) is 0 Å². The van der Waals surface area contributed by atoms with Crippen molar-refractivity contribution in [3.8, 4) is 5.75 Å². The number of ether oxygens (including phenoxy) is 3. The van der Waals surface area contributed by atoms with Crippen LogP contribution in [0.4, 0.5) is 0 Å². The van der Waals surface area contributed by atoms with E-state index in [1.807, 2.05) is 12.2 Å². The standard InChI is InChI=1S/C15H16O5/c1-10(16)19-13-7-8-14(9-13)20-12-5-3-11(4-6-12)15(17)18-2/h3-8,13-14H,9H2,1-2H3/t13-,14?/m1/s1. The van der Waals surface area contributed by atoms with Crippen LogP contribution < -0.4 is 4.74 Å². The number of rotatable bonds is 4. The Kier molecular flexibility index (Phi) is 4.40. The Morgan fingerprint density at radius 3 is 2.35 bits per heavy atom. The Morgan fingerprint density at radius 1 is 1.10 bits per heavy atom. The summed E-state index contributed by atoms with van der Waals surface area (Å²) in [5, 5.41) is 0. The molecule has 0 fully saturated rings. The second-order valence-electron chi connectivity index (χ2n) is 4.44. The summed E-state index contributed by atoms with van der Waals surface area (Å²) >= 11 is 0. The van der Waals surface area contributed by atoms with Gasteiger partial charge < -0.3 is 14.2 Å². The molecule has 0 N–H and O–H groups in total. The van der Waals surface area contributed by atoms with Crippen LogP contribution in [0.2, 0.25) is 0 Å². The SMILES string of the molecule is COC(=O)c1ccc(OC2C=C[C@@H](OC(C)=O)C2)cc1. The third kappa shape index (κ3) is 3.60. The maximum atomic E-state index is 11.3. The topological polar surface area (TPSA) is 61.8 Å². The number of methoxy groups -OCH3 is 1. The number of carbonyl (C=O) groups excluding carboxylic acids is 2. The van der Waals surface area contributed by atoms with Gasteiger partial charge in [-0.05, 0) is 36.4 Å². The van der Waals surface area contributed by atoms with Crippen molar-refractivity contribution in [2.45, 2.75) is 25.6 Å². The highest BCUT2D eigenvalue weighted by molar-refractivity contribution is 5.89. The summed E-state index contributed by atoms with van der Waals surface area (Å²) in [6, 6.07) is 6.70. The molecule has 5 heteroatoms. The average Bonchev–Trinajstić information content (AvgIpc) is 2.85. The van der Waals surface area contributed by atoms with Gasteiger partial charge in [0, 0.05) is 13.3 Å². The average molecular weight is 276 g/mol. The van der Waals surface area contributed by atoms with Gasteiger partial charge in [0.2, 0.25) is 0 Å². The minimum Gasteiger partial charge on any atom is -0.486 e. The molecule has 2 rings (SSSR count). The molecule has 0 aromatic heterocycles. The number of esters is 2. The number of benzene rings is 1. The lowest BCUT2D eigenvalue weighted by Crippen LogP contribution is -2.18. The highest BCUT2D eigenvalue weighted by Gasteiger charge is 2.22. The van der Waals surface area contributed by atoms with Crippen molar-refractivity contribution < 1.29 is 23.8 Å². The second-order valence-corrected chi connectivity index (χ2v) is 4.44. The van der Waals surface area contributed by atoms with Gasteiger partial charge in [0.25, 0.3) is 0 Å². The second kappa shape index (κ2) is 6.23. The molecule has 5 nitrogen and oxygen atoms in total. The van der Waals surface area contributed by atoms with Gasteiger partial charge >= 0.3 is 11.9 Å². The molecule has 0 radical (unpaired) electrons. The molecule has 20 heavy (non-hydrogen) atoms. The summed E-state index contributed by atoms with van der Waals surface area (Å²) in [6.07, 6.45) is 3.91. The van der Waals surface area contributed by atoms with E-state index in [0.29, 0.717) is 17.7 Å². The van der Waals surface area contributed by atoms with E-state index in [-0.39, 0.29) is 24.1 Å². The Morgan fingerprint density at radius 2 is 1.75 bits per heavy atom. The normalized spacial score (nSPS) is 20.5. The molecule has 0 amide bonds. The Labute approximate surface area is 117 Å². The van der Waals surface area contributed by atoms with E-state index < -0.39 is 0 Å². The molecule has 0 saturated heterocycles. The predicted molar refractivity (Wildman–Crippen MR) is 71.5 cm³/mol. The predicted octanol–water partition coefficient (Wildman–Crippen LogP) is 2.11. The molecule has 1 unspecified atom stereocenters. The van der Waals surface area contributed by atoms with Gasteiger partial charge in [-0.2, -0.15) is 0 Å². The van der Waals surface area contributed by atoms with E-state index in [9.17, 15) is 9.59 Å². The molecule has 0 saturated carbocycles. The summed E-state index contributed by atoms with van der Waals surface area (Å²) in [6.45, 7) is 1.38. The molecule has 0 aliphatic heterocycles. The molecule has 0 heterocycles. The summed E-state index contributed by atoms with van der Waals surface area (Å²) in [5.74, 6) is -0.0363. The molecular weight excluding hydrogens is 260 g/mol. The minimum atomic E-state index is -0.382. The fourth-order valence-electron chi connectivity index (χ4n) is 1.98. The summed E-state index contributed by atoms with van der Waals surface area (Å²) in [5.41, 5.74) is 0.472. The fourth-order valence-corrected chi connectivity index (χ4v) is 1.98. The maximum absolute atomic E-state index is 11.3. The quantitative estimate of drug-likeness (QED) is 0.622. The molecule has 1 aromatic carbocycles. The Bertz CT molecular complexity index is 518. The summed E-state index contributed by atoms with van der Waals surface area (Å²) < 4.78 is 15.4. The van der Waals surface area contributed by atoms with Crippen molar-refractivity contribution in [3.05, 3.63) is 42.0 Å². The van der Waals surface area contributed by atoms with Crippen LogP contribution in [0.15, 0.2) is 36.4 Å². The van der Waals surface area contributed by atoms with Crippen molar-refractivity contribution in [3.63, 3.8) is 0 Å². The van der Waals surface area contributed by atoms with Gasteiger partial charge in [-0.25, -0.2) is 4.79 Å². The van der Waals surface area contributed by atoms with Gasteiger partial charge in [0.1, 0.15) is 18.0 Å². The van der Waals surface area contributed by atoms with Crippen molar-refractivity contribution in [1.82, 2.24) is 0 Å². The zero-order valence-corrected chi connectivity index (χ0v) is 11.4. The van der Waals surface area contributed by atoms with Crippen molar-refractivity contribution >= 4 is 11.9 Å². The van der Waals surface area contributed by atoms with Crippen molar-refractivity contribution in [1.29, 1.82) is 0 Å². The van der Waals surface area contributed by atoms with Crippen LogP contribution in [-0.4, -0.2) is 31.3 Å². The molecule has 106 valence electrons. The molecular formula is C15H16O5. The fraction of sp³-hybridized carbons (Fsp3) is 0.333. The van der Waals surface area contributed by atoms with Gasteiger partial charge in [0.05, 0.1) is 12.7 Å². The van der Waals surface area contributed by atoms with E-state index in [1.165, 1.54) is 14.0 Å². The zero-order valence-electron chi connectivity index (χ0n) is 11.4. The first-order chi connectivity index (χ1) is 9.58. The van der Waals surface area contributed by atoms with E-state index in [1.54, 1.807) is 24.3 Å². The Balaban J connectivity index is 1.90. The van der Waals surface area contributed by atoms with E-state index in [4.69, 9.17) is 9.47 Å². The minimum absolute atomic E-state index is 0.136. The van der Waals surface area contributed by atoms with E-state index in [0.717, 1.165) is 0 Å². The molecule has 1 aliphatic rings. The van der Waals surface area contributed by atoms with Gasteiger partial charge in [-0.15, -0.1) is 0 Å². The van der Waals surface area contributed by atoms with Crippen LogP contribution in [0, 0.1) is 0 Å². The lowest BCUT2D eigenvalue weighted by Gasteiger charge is -2.14. The highest BCUT2D eigenvalue weighted by atomic mass is 16.5. The molecule has 0 bridgehead atoms. The third-order valence-corrected chi connectivity index (χ3v) is 2.89. The van der Waals surface area contributed by atoms with Crippen LogP contribution in [0.1, 0.15) is 23.7 Å². The van der Waals surface area contributed by atoms with Crippen LogP contribution in [-0.2, 0) is 14.3 Å². The lowest BCUT2D eigenvalue weighted by molar-refractivity contribution is -0.144. The van der Waals surface area contributed by atoms with Crippen LogP contribution in [0.5, 0.6) is 5.75 Å². The van der Waals surface area contributed by atoms with Gasteiger partial charge in [0.15, 0.2) is 0 Å². The summed E-state index contributed by atoms with van der Waals surface area (Å²) in [7, 11) is 1.34. The first-order valence-corrected chi connectivity index (χ1v) is 6.29. The highest BCUT2D eigenvalue weighted by Crippen LogP contribution is 2.21. The molecule has 2 atom stereocenters. The van der Waals surface area contributed by atoms with E-state index in [2.05, 4.69) is 4.74 Å². The first kappa shape index (κ1) is 14.1. The smallest absolute Gasteiger partial charge is 0.337 e. The van der Waals surface area contributed by atoms with Crippen molar-refractivity contribution in [2.75, 3.05) is 7.11 Å². The monoisotopic (exact) mass is 276 g/mol. The maximum Gasteiger partial charge on any atom is 0.337 e. The molecule has 1 aliphatic carbocycles. The number of hydrogen-bond acceptors (Lipinski definition) is 5. The summed E-state index contributed by atoms with van der Waals surface area (Å²) in [4.78, 5) is 22.1. The van der Waals surface area contributed by atoms with Crippen LogP contribution in [0.25, 0.3) is 0 Å². The third-order valence-electron chi connectivity index (χ3n) is 2.89. The largest absolute Gasteiger partial charge is 0.486 e. The van der Waals surface area contributed by atoms with E-state index >= 15 is 0 Å². The van der Waals surface area contributed by atoms with Gasteiger partial charge in [-0.3, -0.25) is 4.79 Å².